The molecular formula is C32H28ClN3O3S. The average molecular weight is 570 g/mol. The predicted octanol–water partition coefficient (Wildman–Crippen LogP) is 7.30. The number of rotatable bonds is 7. The number of allylic oxidation sites excluding steroid dienone is 1. The van der Waals surface area contributed by atoms with Crippen LogP contribution in [0, 0.1) is 0 Å². The number of carbonyl (C=O) groups excluding carboxylic acids is 2. The minimum Gasteiger partial charge on any atom is -0.497 e. The molecule has 4 aromatic rings. The van der Waals surface area contributed by atoms with E-state index in [2.05, 4.69) is 29.5 Å². The van der Waals surface area contributed by atoms with Gasteiger partial charge in [0, 0.05) is 50.2 Å². The zero-order valence-corrected chi connectivity index (χ0v) is 23.9. The first kappa shape index (κ1) is 27.5. The fraction of sp³-hybridized carbons (Fsp3) is 0.156. The van der Waals surface area contributed by atoms with E-state index in [0.29, 0.717) is 26.9 Å². The number of aromatic nitrogens is 1. The van der Waals surface area contributed by atoms with Crippen LogP contribution in [0.1, 0.15) is 45.7 Å². The molecule has 0 saturated carbocycles. The predicted molar refractivity (Wildman–Crippen MR) is 160 cm³/mol. The van der Waals surface area contributed by atoms with Crippen molar-refractivity contribution >= 4 is 46.4 Å². The molecule has 1 aliphatic heterocycles. The highest BCUT2D eigenvalue weighted by Crippen LogP contribution is 2.33. The maximum atomic E-state index is 13.4. The summed E-state index contributed by atoms with van der Waals surface area (Å²) in [5.41, 5.74) is 4.02. The molecule has 6 nitrogen and oxygen atoms in total. The SMILES string of the molecule is COc1ccc2c(c1)C(=CC(=O)c1cccc(NC(=O)c3cccnc3Sc3ccc(Cl)cc3)c1)NC(C)(C)C2. The summed E-state index contributed by atoms with van der Waals surface area (Å²) in [6.07, 6.45) is 4.09. The topological polar surface area (TPSA) is 80.3 Å². The molecule has 2 N–H and O–H groups in total. The number of nitrogens with one attached hydrogen (secondary N) is 2. The Morgan fingerprint density at radius 3 is 2.62 bits per heavy atom. The van der Waals surface area contributed by atoms with E-state index in [9.17, 15) is 9.59 Å². The number of hydrogen-bond acceptors (Lipinski definition) is 6. The Morgan fingerprint density at radius 1 is 1.05 bits per heavy atom. The van der Waals surface area contributed by atoms with Gasteiger partial charge in [-0.25, -0.2) is 4.98 Å². The maximum absolute atomic E-state index is 13.4. The quantitative estimate of drug-likeness (QED) is 0.180. The number of amides is 1. The van der Waals surface area contributed by atoms with E-state index in [-0.39, 0.29) is 17.2 Å². The average Bonchev–Trinajstić information content (AvgIpc) is 2.94. The van der Waals surface area contributed by atoms with E-state index in [1.54, 1.807) is 67.9 Å². The lowest BCUT2D eigenvalue weighted by molar-refractivity contribution is 0.101. The van der Waals surface area contributed by atoms with E-state index in [4.69, 9.17) is 16.3 Å². The summed E-state index contributed by atoms with van der Waals surface area (Å²) in [6.45, 7) is 4.21. The molecule has 202 valence electrons. The zero-order valence-electron chi connectivity index (χ0n) is 22.3. The van der Waals surface area contributed by atoms with Gasteiger partial charge in [-0.2, -0.15) is 0 Å². The molecule has 0 fully saturated rings. The molecule has 1 aliphatic rings. The van der Waals surface area contributed by atoms with Crippen molar-refractivity contribution in [3.8, 4) is 5.75 Å². The summed E-state index contributed by atoms with van der Waals surface area (Å²) in [4.78, 5) is 32.0. The number of benzene rings is 3. The Bertz CT molecular complexity index is 1620. The van der Waals surface area contributed by atoms with Crippen molar-refractivity contribution in [1.29, 1.82) is 0 Å². The highest BCUT2D eigenvalue weighted by atomic mass is 35.5. The van der Waals surface area contributed by atoms with Crippen LogP contribution in [0.4, 0.5) is 5.69 Å². The Morgan fingerprint density at radius 2 is 1.85 bits per heavy atom. The van der Waals surface area contributed by atoms with Gasteiger partial charge in [0.15, 0.2) is 5.78 Å². The second-order valence-electron chi connectivity index (χ2n) is 10.1. The number of methoxy groups -OCH3 is 1. The van der Waals surface area contributed by atoms with Crippen molar-refractivity contribution in [3.63, 3.8) is 0 Å². The van der Waals surface area contributed by atoms with Crippen molar-refractivity contribution in [2.24, 2.45) is 0 Å². The molecule has 0 atom stereocenters. The van der Waals surface area contributed by atoms with Gasteiger partial charge in [0.05, 0.1) is 12.7 Å². The number of anilines is 1. The highest BCUT2D eigenvalue weighted by molar-refractivity contribution is 7.99. The van der Waals surface area contributed by atoms with Crippen LogP contribution in [-0.4, -0.2) is 29.3 Å². The monoisotopic (exact) mass is 569 g/mol. The molecule has 1 aromatic heterocycles. The number of ketones is 1. The Hall–Kier alpha value is -4.07. The van der Waals surface area contributed by atoms with Crippen LogP contribution < -0.4 is 15.4 Å². The lowest BCUT2D eigenvalue weighted by Crippen LogP contribution is -2.43. The Balaban J connectivity index is 1.37. The number of pyridine rings is 1. The van der Waals surface area contributed by atoms with Gasteiger partial charge < -0.3 is 15.4 Å². The van der Waals surface area contributed by atoms with Crippen LogP contribution in [-0.2, 0) is 6.42 Å². The zero-order chi connectivity index (χ0) is 28.3. The lowest BCUT2D eigenvalue weighted by Gasteiger charge is -2.35. The standard InChI is InChI=1S/C32H28ClN3O3S/c1-32(2)19-21-9-12-24(39-3)17-27(21)28(36-32)18-29(37)20-6-4-7-23(16-20)35-30(38)26-8-5-15-34-31(26)40-25-13-10-22(33)11-14-25/h4-18,36H,19H2,1-3H3,(H,35,38). The maximum Gasteiger partial charge on any atom is 0.258 e. The van der Waals surface area contributed by atoms with Gasteiger partial charge in [-0.15, -0.1) is 0 Å². The second-order valence-corrected chi connectivity index (χ2v) is 11.6. The largest absolute Gasteiger partial charge is 0.497 e. The smallest absolute Gasteiger partial charge is 0.258 e. The minimum absolute atomic E-state index is 0.176. The molecule has 5 rings (SSSR count). The Labute approximate surface area is 242 Å². The molecular weight excluding hydrogens is 542 g/mol. The van der Waals surface area contributed by atoms with Crippen molar-refractivity contribution in [1.82, 2.24) is 10.3 Å². The van der Waals surface area contributed by atoms with Crippen LogP contribution in [0.25, 0.3) is 5.70 Å². The van der Waals surface area contributed by atoms with Crippen molar-refractivity contribution in [2.45, 2.75) is 35.7 Å². The van der Waals surface area contributed by atoms with E-state index < -0.39 is 0 Å². The summed E-state index contributed by atoms with van der Waals surface area (Å²) < 4.78 is 5.41. The third-order valence-electron chi connectivity index (χ3n) is 6.44. The summed E-state index contributed by atoms with van der Waals surface area (Å²) in [5, 5.41) is 7.62. The van der Waals surface area contributed by atoms with Gasteiger partial charge in [0.1, 0.15) is 10.8 Å². The molecule has 0 unspecified atom stereocenters. The highest BCUT2D eigenvalue weighted by Gasteiger charge is 2.28. The molecule has 3 aromatic carbocycles. The number of ether oxygens (including phenoxy) is 1. The molecule has 0 radical (unpaired) electrons. The summed E-state index contributed by atoms with van der Waals surface area (Å²) >= 11 is 7.38. The fourth-order valence-electron chi connectivity index (χ4n) is 4.58. The molecule has 0 aliphatic carbocycles. The van der Waals surface area contributed by atoms with Gasteiger partial charge in [0.25, 0.3) is 5.91 Å². The summed E-state index contributed by atoms with van der Waals surface area (Å²) in [6, 6.07) is 23.6. The van der Waals surface area contributed by atoms with Crippen molar-refractivity contribution in [3.05, 3.63) is 118 Å². The van der Waals surface area contributed by atoms with Gasteiger partial charge >= 0.3 is 0 Å². The van der Waals surface area contributed by atoms with Crippen molar-refractivity contribution < 1.29 is 14.3 Å². The molecule has 0 bridgehead atoms. The number of hydrogen-bond donors (Lipinski definition) is 2. The second kappa shape index (κ2) is 11.6. The van der Waals surface area contributed by atoms with Gasteiger partial charge in [0.2, 0.25) is 0 Å². The summed E-state index contributed by atoms with van der Waals surface area (Å²) in [7, 11) is 1.63. The minimum atomic E-state index is -0.316. The number of nitrogens with zero attached hydrogens (tertiary/aromatic N) is 1. The Kier molecular flexibility index (Phi) is 7.96. The fourth-order valence-corrected chi connectivity index (χ4v) is 5.58. The number of halogens is 1. The summed E-state index contributed by atoms with van der Waals surface area (Å²) in [5.74, 6) is 0.238. The van der Waals surface area contributed by atoms with Crippen LogP contribution in [0.15, 0.2) is 101 Å². The first-order valence-electron chi connectivity index (χ1n) is 12.7. The van der Waals surface area contributed by atoms with E-state index in [0.717, 1.165) is 33.9 Å². The van der Waals surface area contributed by atoms with Crippen LogP contribution in [0.2, 0.25) is 5.02 Å². The molecule has 0 spiro atoms. The third-order valence-corrected chi connectivity index (χ3v) is 7.72. The number of carbonyl (C=O) groups is 2. The molecule has 1 amide bonds. The van der Waals surface area contributed by atoms with Gasteiger partial charge in [-0.05, 0) is 86.5 Å². The molecule has 2 heterocycles. The van der Waals surface area contributed by atoms with Crippen LogP contribution in [0.5, 0.6) is 5.75 Å². The normalized spacial score (nSPS) is 14.7. The van der Waals surface area contributed by atoms with E-state index in [1.165, 1.54) is 11.8 Å². The van der Waals surface area contributed by atoms with E-state index in [1.807, 2.05) is 30.3 Å². The third kappa shape index (κ3) is 6.38. The lowest BCUT2D eigenvalue weighted by atomic mass is 9.85. The van der Waals surface area contributed by atoms with Gasteiger partial charge in [-0.1, -0.05) is 41.6 Å². The van der Waals surface area contributed by atoms with Crippen LogP contribution >= 0.6 is 23.4 Å². The molecule has 0 saturated heterocycles. The van der Waals surface area contributed by atoms with Gasteiger partial charge in [-0.3, -0.25) is 9.59 Å². The van der Waals surface area contributed by atoms with E-state index >= 15 is 0 Å². The van der Waals surface area contributed by atoms with Crippen LogP contribution in [0.3, 0.4) is 0 Å². The van der Waals surface area contributed by atoms with Crippen molar-refractivity contribution in [2.75, 3.05) is 12.4 Å². The molecule has 40 heavy (non-hydrogen) atoms. The first-order chi connectivity index (χ1) is 19.2. The first-order valence-corrected chi connectivity index (χ1v) is 13.9. The number of fused-ring (bicyclic) bond motifs is 1. The molecule has 8 heteroatoms.